The Morgan fingerprint density at radius 1 is 1.00 bits per heavy atom. The van der Waals surface area contributed by atoms with Crippen molar-refractivity contribution >= 4 is 21.9 Å². The largest absolute Gasteiger partial charge is 0.486 e. The summed E-state index contributed by atoms with van der Waals surface area (Å²) in [6.07, 6.45) is 1.80. The molecular formula is C23H32N2O7S. The highest BCUT2D eigenvalue weighted by Crippen LogP contribution is 2.34. The van der Waals surface area contributed by atoms with Gasteiger partial charge in [-0.05, 0) is 50.7 Å². The molecule has 4 rings (SSSR count). The summed E-state index contributed by atoms with van der Waals surface area (Å²) < 4.78 is 44.0. The number of nitrogens with zero attached hydrogens (tertiary/aromatic N) is 2. The third-order valence-corrected chi connectivity index (χ3v) is 8.57. The highest BCUT2D eigenvalue weighted by molar-refractivity contribution is 7.89. The molecule has 0 saturated carbocycles. The van der Waals surface area contributed by atoms with Crippen LogP contribution < -0.4 is 9.47 Å². The summed E-state index contributed by atoms with van der Waals surface area (Å²) in [5.41, 5.74) is 0. The molecule has 1 atom stereocenters. The Labute approximate surface area is 195 Å². The van der Waals surface area contributed by atoms with E-state index in [2.05, 4.69) is 6.92 Å². The topological polar surface area (TPSA) is 102 Å². The fourth-order valence-corrected chi connectivity index (χ4v) is 5.96. The smallest absolute Gasteiger partial charge is 0.309 e. The molecule has 1 unspecified atom stereocenters. The van der Waals surface area contributed by atoms with Crippen LogP contribution in [0, 0.1) is 11.8 Å². The fourth-order valence-electron chi connectivity index (χ4n) is 4.47. The molecule has 3 aliphatic rings. The number of piperidine rings is 2. The minimum Gasteiger partial charge on any atom is -0.486 e. The molecule has 0 spiro atoms. The molecule has 2 saturated heterocycles. The van der Waals surface area contributed by atoms with Crippen molar-refractivity contribution in [2.24, 2.45) is 11.8 Å². The second-order valence-electron chi connectivity index (χ2n) is 9.07. The number of fused-ring (bicyclic) bond motifs is 1. The quantitative estimate of drug-likeness (QED) is 0.594. The van der Waals surface area contributed by atoms with Crippen LogP contribution in [-0.2, 0) is 24.3 Å². The molecule has 2 fully saturated rings. The molecule has 3 aliphatic heterocycles. The Bertz CT molecular complexity index is 981. The van der Waals surface area contributed by atoms with Crippen LogP contribution in [0.4, 0.5) is 0 Å². The Morgan fingerprint density at radius 2 is 1.64 bits per heavy atom. The highest BCUT2D eigenvalue weighted by Gasteiger charge is 2.35. The summed E-state index contributed by atoms with van der Waals surface area (Å²) in [5.74, 6) is 0.544. The van der Waals surface area contributed by atoms with Crippen molar-refractivity contribution in [2.45, 2.75) is 50.5 Å². The number of benzene rings is 1. The SMILES string of the molecule is CC1CCN(C(=O)C(C)OC(=O)C2CCN(S(=O)(=O)c3ccc4c(c3)OCCO4)CC2)CC1. The third kappa shape index (κ3) is 5.27. The minimum atomic E-state index is -3.72. The van der Waals surface area contributed by atoms with Crippen molar-refractivity contribution in [3.05, 3.63) is 18.2 Å². The average molecular weight is 481 g/mol. The van der Waals surface area contributed by atoms with Crippen LogP contribution in [0.15, 0.2) is 23.1 Å². The molecule has 9 nitrogen and oxygen atoms in total. The van der Waals surface area contributed by atoms with Gasteiger partial charge in [0.05, 0.1) is 10.8 Å². The number of hydrogen-bond acceptors (Lipinski definition) is 7. The molecule has 182 valence electrons. The molecular weight excluding hydrogens is 448 g/mol. The summed E-state index contributed by atoms with van der Waals surface area (Å²) in [4.78, 5) is 27.2. The van der Waals surface area contributed by atoms with E-state index in [1.807, 2.05) is 0 Å². The van der Waals surface area contributed by atoms with E-state index in [0.29, 0.717) is 56.6 Å². The molecule has 0 radical (unpaired) electrons. The van der Waals surface area contributed by atoms with Gasteiger partial charge in [0, 0.05) is 32.2 Å². The first kappa shape index (κ1) is 23.8. The number of likely N-dealkylation sites (tertiary alicyclic amines) is 1. The van der Waals surface area contributed by atoms with Gasteiger partial charge in [-0.1, -0.05) is 6.92 Å². The van der Waals surface area contributed by atoms with Crippen molar-refractivity contribution in [3.63, 3.8) is 0 Å². The molecule has 1 aromatic rings. The molecule has 10 heteroatoms. The van der Waals surface area contributed by atoms with E-state index in [1.54, 1.807) is 17.9 Å². The molecule has 0 aromatic heterocycles. The van der Waals surface area contributed by atoms with Crippen LogP contribution in [0.2, 0.25) is 0 Å². The average Bonchev–Trinajstić information content (AvgIpc) is 2.83. The van der Waals surface area contributed by atoms with E-state index in [-0.39, 0.29) is 23.9 Å². The summed E-state index contributed by atoms with van der Waals surface area (Å²) in [7, 11) is -3.72. The Hall–Kier alpha value is -2.33. The first-order valence-corrected chi connectivity index (χ1v) is 13.1. The zero-order chi connectivity index (χ0) is 23.6. The predicted octanol–water partition coefficient (Wildman–Crippen LogP) is 2.05. The second-order valence-corrected chi connectivity index (χ2v) is 11.0. The van der Waals surface area contributed by atoms with Crippen molar-refractivity contribution in [1.29, 1.82) is 0 Å². The molecule has 0 aliphatic carbocycles. The third-order valence-electron chi connectivity index (χ3n) is 6.67. The van der Waals surface area contributed by atoms with Crippen molar-refractivity contribution in [2.75, 3.05) is 39.4 Å². The lowest BCUT2D eigenvalue weighted by atomic mass is 9.98. The number of amides is 1. The number of carbonyl (C=O) groups is 2. The van der Waals surface area contributed by atoms with Gasteiger partial charge in [-0.3, -0.25) is 9.59 Å². The molecule has 0 N–H and O–H groups in total. The van der Waals surface area contributed by atoms with Gasteiger partial charge in [0.15, 0.2) is 17.6 Å². The van der Waals surface area contributed by atoms with Crippen LogP contribution in [0.25, 0.3) is 0 Å². The second kappa shape index (κ2) is 9.89. The molecule has 0 bridgehead atoms. The van der Waals surface area contributed by atoms with Gasteiger partial charge in [-0.25, -0.2) is 8.42 Å². The summed E-state index contributed by atoms with van der Waals surface area (Å²) in [6.45, 7) is 6.40. The number of rotatable bonds is 5. The fraction of sp³-hybridized carbons (Fsp3) is 0.652. The van der Waals surface area contributed by atoms with E-state index in [9.17, 15) is 18.0 Å². The summed E-state index contributed by atoms with van der Waals surface area (Å²) in [5, 5.41) is 0. The number of carbonyl (C=O) groups excluding carboxylic acids is 2. The van der Waals surface area contributed by atoms with E-state index < -0.39 is 28.0 Å². The standard InChI is InChI=1S/C23H32N2O7S/c1-16-5-9-24(10-6-16)22(26)17(2)32-23(27)18-7-11-25(12-8-18)33(28,29)19-3-4-20-21(15-19)31-14-13-30-20/h3-4,15-18H,5-14H2,1-2H3. The maximum Gasteiger partial charge on any atom is 0.309 e. The highest BCUT2D eigenvalue weighted by atomic mass is 32.2. The maximum atomic E-state index is 13.1. The van der Waals surface area contributed by atoms with E-state index in [4.69, 9.17) is 14.2 Å². The molecule has 1 amide bonds. The molecule has 1 aromatic carbocycles. The lowest BCUT2D eigenvalue weighted by Gasteiger charge is -2.33. The zero-order valence-electron chi connectivity index (χ0n) is 19.2. The Balaban J connectivity index is 1.30. The van der Waals surface area contributed by atoms with Crippen molar-refractivity contribution < 1.29 is 32.2 Å². The van der Waals surface area contributed by atoms with Gasteiger partial charge in [0.2, 0.25) is 10.0 Å². The normalized spacial score (nSPS) is 21.5. The number of ether oxygens (including phenoxy) is 3. The summed E-state index contributed by atoms with van der Waals surface area (Å²) in [6, 6.07) is 4.60. The van der Waals surface area contributed by atoms with Gasteiger partial charge >= 0.3 is 5.97 Å². The van der Waals surface area contributed by atoms with Gasteiger partial charge in [-0.15, -0.1) is 0 Å². The van der Waals surface area contributed by atoms with Crippen LogP contribution in [0.3, 0.4) is 0 Å². The van der Waals surface area contributed by atoms with Gasteiger partial charge in [-0.2, -0.15) is 4.31 Å². The van der Waals surface area contributed by atoms with E-state index >= 15 is 0 Å². The van der Waals surface area contributed by atoms with Crippen LogP contribution in [-0.4, -0.2) is 75.0 Å². The van der Waals surface area contributed by atoms with Crippen LogP contribution >= 0.6 is 0 Å². The number of hydrogen-bond donors (Lipinski definition) is 0. The van der Waals surface area contributed by atoms with Crippen LogP contribution in [0.5, 0.6) is 11.5 Å². The monoisotopic (exact) mass is 480 g/mol. The van der Waals surface area contributed by atoms with Crippen LogP contribution in [0.1, 0.15) is 39.5 Å². The first-order chi connectivity index (χ1) is 15.8. The molecule has 3 heterocycles. The Kier molecular flexibility index (Phi) is 7.13. The van der Waals surface area contributed by atoms with Gasteiger partial charge in [0.25, 0.3) is 5.91 Å². The van der Waals surface area contributed by atoms with E-state index in [1.165, 1.54) is 16.4 Å². The zero-order valence-corrected chi connectivity index (χ0v) is 20.0. The molecule has 33 heavy (non-hydrogen) atoms. The maximum absolute atomic E-state index is 13.1. The van der Waals surface area contributed by atoms with Crippen molar-refractivity contribution in [1.82, 2.24) is 9.21 Å². The van der Waals surface area contributed by atoms with E-state index in [0.717, 1.165) is 12.8 Å². The Morgan fingerprint density at radius 3 is 2.30 bits per heavy atom. The van der Waals surface area contributed by atoms with Gasteiger partial charge < -0.3 is 19.1 Å². The number of sulfonamides is 1. The predicted molar refractivity (Wildman–Crippen MR) is 119 cm³/mol. The minimum absolute atomic E-state index is 0.142. The summed E-state index contributed by atoms with van der Waals surface area (Å²) >= 11 is 0. The number of esters is 1. The van der Waals surface area contributed by atoms with Crippen molar-refractivity contribution in [3.8, 4) is 11.5 Å². The lowest BCUT2D eigenvalue weighted by Crippen LogP contribution is -2.45. The van der Waals surface area contributed by atoms with Gasteiger partial charge in [0.1, 0.15) is 13.2 Å². The lowest BCUT2D eigenvalue weighted by molar-refractivity contribution is -0.164. The first-order valence-electron chi connectivity index (χ1n) is 11.6.